The molecule has 0 N–H and O–H groups in total. The standard InChI is InChI=1S/C19H21N3.C2H6/c1-6-13(2)16-10-9-14(3)18(12-16)22-15(4)21(5)17-8-7-11-20-19(17)22;1-2/h6-12,15H,1-2H2,3-5H3;1-2H3. The number of anilines is 3. The quantitative estimate of drug-likeness (QED) is 0.691. The molecule has 0 amide bonds. The molecular formula is C21H27N3. The Morgan fingerprint density at radius 3 is 2.58 bits per heavy atom. The van der Waals surface area contributed by atoms with E-state index in [9.17, 15) is 0 Å². The molecule has 1 atom stereocenters. The van der Waals surface area contributed by atoms with Gasteiger partial charge in [-0.1, -0.05) is 45.2 Å². The first-order valence-corrected chi connectivity index (χ1v) is 8.44. The molecule has 2 aromatic rings. The van der Waals surface area contributed by atoms with Crippen molar-refractivity contribution in [3.8, 4) is 0 Å². The average molecular weight is 321 g/mol. The molecule has 1 unspecified atom stereocenters. The van der Waals surface area contributed by atoms with Crippen molar-refractivity contribution in [1.82, 2.24) is 4.98 Å². The second-order valence-corrected chi connectivity index (χ2v) is 5.69. The maximum absolute atomic E-state index is 4.60. The monoisotopic (exact) mass is 321 g/mol. The van der Waals surface area contributed by atoms with E-state index in [0.717, 1.165) is 28.3 Å². The normalized spacial score (nSPS) is 15.5. The van der Waals surface area contributed by atoms with E-state index in [-0.39, 0.29) is 6.17 Å². The molecule has 0 radical (unpaired) electrons. The summed E-state index contributed by atoms with van der Waals surface area (Å²) in [6.45, 7) is 16.2. The summed E-state index contributed by atoms with van der Waals surface area (Å²) in [5.41, 5.74) is 5.57. The van der Waals surface area contributed by atoms with E-state index in [1.54, 1.807) is 6.08 Å². The van der Waals surface area contributed by atoms with Gasteiger partial charge >= 0.3 is 0 Å². The van der Waals surface area contributed by atoms with Crippen LogP contribution < -0.4 is 9.80 Å². The number of rotatable bonds is 3. The van der Waals surface area contributed by atoms with Crippen LogP contribution in [0.5, 0.6) is 0 Å². The lowest BCUT2D eigenvalue weighted by Crippen LogP contribution is -2.36. The lowest BCUT2D eigenvalue weighted by Gasteiger charge is -2.28. The average Bonchev–Trinajstić information content (AvgIpc) is 2.88. The summed E-state index contributed by atoms with van der Waals surface area (Å²) in [6, 6.07) is 10.5. The lowest BCUT2D eigenvalue weighted by molar-refractivity contribution is 0.729. The summed E-state index contributed by atoms with van der Waals surface area (Å²) in [6.07, 6.45) is 3.86. The highest BCUT2D eigenvalue weighted by molar-refractivity contribution is 5.83. The molecule has 126 valence electrons. The summed E-state index contributed by atoms with van der Waals surface area (Å²) in [7, 11) is 2.10. The molecule has 24 heavy (non-hydrogen) atoms. The molecule has 1 aromatic carbocycles. The number of pyridine rings is 1. The van der Waals surface area contributed by atoms with Crippen molar-refractivity contribution < 1.29 is 0 Å². The van der Waals surface area contributed by atoms with Crippen LogP contribution in [0, 0.1) is 6.92 Å². The molecule has 3 nitrogen and oxygen atoms in total. The SMILES string of the molecule is C=CC(=C)c1ccc(C)c(N2c3ncccc3N(C)C2C)c1.CC. The minimum atomic E-state index is 0.218. The molecule has 0 spiro atoms. The number of hydrogen-bond acceptors (Lipinski definition) is 3. The minimum Gasteiger partial charge on any atom is -0.351 e. The molecule has 3 heteroatoms. The number of fused-ring (bicyclic) bond motifs is 1. The third kappa shape index (κ3) is 2.94. The van der Waals surface area contributed by atoms with Gasteiger partial charge in [-0.05, 0) is 48.7 Å². The fourth-order valence-electron chi connectivity index (χ4n) is 2.90. The second-order valence-electron chi connectivity index (χ2n) is 5.69. The van der Waals surface area contributed by atoms with Crippen molar-refractivity contribution in [2.75, 3.05) is 16.8 Å². The number of benzene rings is 1. The zero-order valence-electron chi connectivity index (χ0n) is 15.4. The second kappa shape index (κ2) is 7.35. The molecule has 2 heterocycles. The summed E-state index contributed by atoms with van der Waals surface area (Å²) in [5.74, 6) is 1.00. The van der Waals surface area contributed by atoms with Crippen molar-refractivity contribution in [2.45, 2.75) is 33.9 Å². The van der Waals surface area contributed by atoms with Crippen molar-refractivity contribution in [3.05, 3.63) is 66.9 Å². The van der Waals surface area contributed by atoms with Gasteiger partial charge in [-0.3, -0.25) is 0 Å². The number of aromatic nitrogens is 1. The fraction of sp³-hybridized carbons (Fsp3) is 0.286. The third-order valence-electron chi connectivity index (χ3n) is 4.39. The zero-order chi connectivity index (χ0) is 17.9. The largest absolute Gasteiger partial charge is 0.351 e. The molecule has 0 aliphatic carbocycles. The Bertz CT molecular complexity index is 748. The van der Waals surface area contributed by atoms with Gasteiger partial charge in [0.15, 0.2) is 5.82 Å². The van der Waals surface area contributed by atoms with E-state index in [0.29, 0.717) is 0 Å². The molecule has 0 saturated heterocycles. The van der Waals surface area contributed by atoms with Crippen LogP contribution in [0.1, 0.15) is 31.9 Å². The first kappa shape index (κ1) is 17.8. The van der Waals surface area contributed by atoms with E-state index >= 15 is 0 Å². The van der Waals surface area contributed by atoms with E-state index < -0.39 is 0 Å². The molecule has 1 aliphatic heterocycles. The van der Waals surface area contributed by atoms with Gasteiger partial charge in [0, 0.05) is 18.9 Å². The van der Waals surface area contributed by atoms with Crippen molar-refractivity contribution >= 4 is 22.8 Å². The van der Waals surface area contributed by atoms with Crippen LogP contribution in [-0.2, 0) is 0 Å². The maximum atomic E-state index is 4.60. The van der Waals surface area contributed by atoms with Crippen molar-refractivity contribution in [2.24, 2.45) is 0 Å². The van der Waals surface area contributed by atoms with Gasteiger partial charge in [0.1, 0.15) is 6.17 Å². The highest BCUT2D eigenvalue weighted by Gasteiger charge is 2.33. The topological polar surface area (TPSA) is 19.4 Å². The van der Waals surface area contributed by atoms with Crippen molar-refractivity contribution in [3.63, 3.8) is 0 Å². The van der Waals surface area contributed by atoms with Crippen molar-refractivity contribution in [1.29, 1.82) is 0 Å². The summed E-state index contributed by atoms with van der Waals surface area (Å²) in [5, 5.41) is 0. The Labute approximate surface area is 145 Å². The number of allylic oxidation sites excluding steroid dienone is 2. The molecule has 0 fully saturated rings. The zero-order valence-corrected chi connectivity index (χ0v) is 15.4. The Balaban J connectivity index is 0.00000100. The number of aryl methyl sites for hydroxylation is 1. The van der Waals surface area contributed by atoms with Gasteiger partial charge in [-0.2, -0.15) is 0 Å². The Morgan fingerprint density at radius 1 is 1.21 bits per heavy atom. The van der Waals surface area contributed by atoms with Crippen LogP contribution in [-0.4, -0.2) is 18.2 Å². The predicted molar refractivity (Wildman–Crippen MR) is 106 cm³/mol. The molecule has 3 rings (SSSR count). The lowest BCUT2D eigenvalue weighted by atomic mass is 10.0. The van der Waals surface area contributed by atoms with Gasteiger partial charge in [0.25, 0.3) is 0 Å². The molecule has 0 saturated carbocycles. The van der Waals surface area contributed by atoms with Crippen LogP contribution >= 0.6 is 0 Å². The van der Waals surface area contributed by atoms with E-state index in [1.807, 2.05) is 26.1 Å². The fourth-order valence-corrected chi connectivity index (χ4v) is 2.90. The third-order valence-corrected chi connectivity index (χ3v) is 4.39. The summed E-state index contributed by atoms with van der Waals surface area (Å²) in [4.78, 5) is 9.12. The van der Waals surface area contributed by atoms with Crippen LogP contribution in [0.15, 0.2) is 55.8 Å². The molecular weight excluding hydrogens is 294 g/mol. The summed E-state index contributed by atoms with van der Waals surface area (Å²) >= 11 is 0. The predicted octanol–water partition coefficient (Wildman–Crippen LogP) is 5.55. The molecule has 0 bridgehead atoms. The Hall–Kier alpha value is -2.55. The van der Waals surface area contributed by atoms with Crippen LogP contribution in [0.4, 0.5) is 17.2 Å². The highest BCUT2D eigenvalue weighted by atomic mass is 15.4. The van der Waals surface area contributed by atoms with Crippen LogP contribution in [0.2, 0.25) is 0 Å². The Kier molecular flexibility index (Phi) is 5.45. The smallest absolute Gasteiger partial charge is 0.158 e. The molecule has 1 aliphatic rings. The van der Waals surface area contributed by atoms with Crippen LogP contribution in [0.25, 0.3) is 5.57 Å². The van der Waals surface area contributed by atoms with Gasteiger partial charge in [-0.25, -0.2) is 4.98 Å². The van der Waals surface area contributed by atoms with Crippen LogP contribution in [0.3, 0.4) is 0 Å². The number of hydrogen-bond donors (Lipinski definition) is 0. The first-order valence-electron chi connectivity index (χ1n) is 8.44. The minimum absolute atomic E-state index is 0.218. The van der Waals surface area contributed by atoms with Gasteiger partial charge in [-0.15, -0.1) is 0 Å². The Morgan fingerprint density at radius 2 is 1.92 bits per heavy atom. The van der Waals surface area contributed by atoms with E-state index in [4.69, 9.17) is 0 Å². The molecule has 1 aromatic heterocycles. The maximum Gasteiger partial charge on any atom is 0.158 e. The van der Waals surface area contributed by atoms with E-state index in [1.165, 1.54) is 5.56 Å². The first-order chi connectivity index (χ1) is 11.5. The van der Waals surface area contributed by atoms with E-state index in [2.05, 4.69) is 73.1 Å². The highest BCUT2D eigenvalue weighted by Crippen LogP contribution is 2.42. The summed E-state index contributed by atoms with van der Waals surface area (Å²) < 4.78 is 0. The van der Waals surface area contributed by atoms with Gasteiger partial charge < -0.3 is 9.80 Å². The van der Waals surface area contributed by atoms with Gasteiger partial charge in [0.05, 0.1) is 5.69 Å². The van der Waals surface area contributed by atoms with Gasteiger partial charge in [0.2, 0.25) is 0 Å². The number of nitrogens with zero attached hydrogens (tertiary/aromatic N) is 3.